The van der Waals surface area contributed by atoms with E-state index in [0.717, 1.165) is 29.8 Å². The van der Waals surface area contributed by atoms with E-state index in [2.05, 4.69) is 15.1 Å². The van der Waals surface area contributed by atoms with E-state index >= 15 is 0 Å². The average molecular weight is 463 g/mol. The molecule has 1 aliphatic heterocycles. The van der Waals surface area contributed by atoms with Crippen molar-refractivity contribution in [3.05, 3.63) is 82.4 Å². The third kappa shape index (κ3) is 4.85. The summed E-state index contributed by atoms with van der Waals surface area (Å²) in [5, 5.41) is 7.63. The van der Waals surface area contributed by atoms with Crippen LogP contribution in [0.5, 0.6) is 5.75 Å². The number of nitrogens with zero attached hydrogens (tertiary/aromatic N) is 3. The van der Waals surface area contributed by atoms with Crippen LogP contribution in [0.4, 0.5) is 4.39 Å². The van der Waals surface area contributed by atoms with Crippen molar-refractivity contribution in [1.82, 2.24) is 20.0 Å². The molecule has 5 rings (SSSR count). The lowest BCUT2D eigenvalue weighted by molar-refractivity contribution is -0.130. The van der Waals surface area contributed by atoms with Gasteiger partial charge in [0.1, 0.15) is 17.7 Å². The summed E-state index contributed by atoms with van der Waals surface area (Å²) in [6.07, 6.45) is 4.40. The summed E-state index contributed by atoms with van der Waals surface area (Å²) in [6, 6.07) is 14.6. The Kier molecular flexibility index (Phi) is 6.63. The van der Waals surface area contributed by atoms with Crippen molar-refractivity contribution in [3.63, 3.8) is 0 Å². The third-order valence-electron chi connectivity index (χ3n) is 6.91. The second-order valence-electron chi connectivity index (χ2n) is 9.31. The van der Waals surface area contributed by atoms with Gasteiger partial charge in [-0.1, -0.05) is 36.4 Å². The maximum absolute atomic E-state index is 14.6. The van der Waals surface area contributed by atoms with Crippen molar-refractivity contribution in [2.24, 2.45) is 0 Å². The summed E-state index contributed by atoms with van der Waals surface area (Å²) < 4.78 is 20.8. The number of rotatable bonds is 6. The number of carbonyl (C=O) groups excluding carboxylic acids is 1. The second kappa shape index (κ2) is 9.97. The standard InChI is InChI=1S/C27H31FN4O2/c1-31(17-24-21-10-4-6-12-23(21)29-30-24)27(33)14-15-32-16-19-8-2-7-13-25(19)34-26(18-32)20-9-3-5-11-22(20)28/h2-3,5,7-9,11,13,26H,4,6,10,12,14-18H2,1H3,(H,29,30). The van der Waals surface area contributed by atoms with Crippen molar-refractivity contribution in [2.75, 3.05) is 20.1 Å². The highest BCUT2D eigenvalue weighted by atomic mass is 19.1. The van der Waals surface area contributed by atoms with Crippen LogP contribution in [0.15, 0.2) is 48.5 Å². The van der Waals surface area contributed by atoms with E-state index in [-0.39, 0.29) is 11.7 Å². The summed E-state index contributed by atoms with van der Waals surface area (Å²) >= 11 is 0. The summed E-state index contributed by atoms with van der Waals surface area (Å²) in [6.45, 7) is 2.27. The van der Waals surface area contributed by atoms with Gasteiger partial charge in [-0.25, -0.2) is 4.39 Å². The molecule has 1 N–H and O–H groups in total. The molecule has 34 heavy (non-hydrogen) atoms. The van der Waals surface area contributed by atoms with Gasteiger partial charge in [0.2, 0.25) is 5.91 Å². The van der Waals surface area contributed by atoms with E-state index in [4.69, 9.17) is 4.74 Å². The van der Waals surface area contributed by atoms with Crippen molar-refractivity contribution in [2.45, 2.75) is 51.3 Å². The number of amides is 1. The first-order valence-corrected chi connectivity index (χ1v) is 12.1. The minimum atomic E-state index is -0.437. The number of benzene rings is 2. The Bertz CT molecular complexity index is 1160. The first kappa shape index (κ1) is 22.6. The van der Waals surface area contributed by atoms with Crippen LogP contribution in [0, 0.1) is 5.82 Å². The van der Waals surface area contributed by atoms with Crippen LogP contribution in [-0.2, 0) is 30.7 Å². The smallest absolute Gasteiger partial charge is 0.223 e. The maximum atomic E-state index is 14.6. The highest BCUT2D eigenvalue weighted by Crippen LogP contribution is 2.32. The van der Waals surface area contributed by atoms with Crippen LogP contribution in [0.25, 0.3) is 0 Å². The molecule has 2 aliphatic rings. The van der Waals surface area contributed by atoms with Gasteiger partial charge in [-0.3, -0.25) is 14.8 Å². The molecule has 0 bridgehead atoms. The van der Waals surface area contributed by atoms with Crippen LogP contribution in [0.2, 0.25) is 0 Å². The van der Waals surface area contributed by atoms with Gasteiger partial charge in [0.25, 0.3) is 0 Å². The highest BCUT2D eigenvalue weighted by Gasteiger charge is 2.27. The highest BCUT2D eigenvalue weighted by molar-refractivity contribution is 5.76. The number of halogens is 1. The van der Waals surface area contributed by atoms with Gasteiger partial charge in [0.15, 0.2) is 0 Å². The zero-order valence-corrected chi connectivity index (χ0v) is 19.6. The number of nitrogens with one attached hydrogen (secondary N) is 1. The monoisotopic (exact) mass is 462 g/mol. The lowest BCUT2D eigenvalue weighted by atomic mass is 9.96. The van der Waals surface area contributed by atoms with Gasteiger partial charge in [-0.05, 0) is 43.4 Å². The molecule has 2 aromatic carbocycles. The predicted molar refractivity (Wildman–Crippen MR) is 128 cm³/mol. The summed E-state index contributed by atoms with van der Waals surface area (Å²) in [7, 11) is 1.84. The molecular weight excluding hydrogens is 431 g/mol. The van der Waals surface area contributed by atoms with Gasteiger partial charge in [-0.2, -0.15) is 5.10 Å². The fourth-order valence-corrected chi connectivity index (χ4v) is 4.99. The lowest BCUT2D eigenvalue weighted by Gasteiger charge is -2.25. The van der Waals surface area contributed by atoms with Gasteiger partial charge < -0.3 is 9.64 Å². The summed E-state index contributed by atoms with van der Waals surface area (Å²) in [5.41, 5.74) is 5.09. The number of hydrogen-bond donors (Lipinski definition) is 1. The largest absolute Gasteiger partial charge is 0.484 e. The van der Waals surface area contributed by atoms with Gasteiger partial charge in [0, 0.05) is 49.9 Å². The molecule has 1 amide bonds. The zero-order valence-electron chi connectivity index (χ0n) is 19.6. The lowest BCUT2D eigenvalue weighted by Crippen LogP contribution is -2.34. The molecule has 0 radical (unpaired) electrons. The third-order valence-corrected chi connectivity index (χ3v) is 6.91. The predicted octanol–water partition coefficient (Wildman–Crippen LogP) is 4.41. The van der Waals surface area contributed by atoms with E-state index in [1.165, 1.54) is 30.2 Å². The van der Waals surface area contributed by atoms with E-state index in [9.17, 15) is 9.18 Å². The number of carbonyl (C=O) groups is 1. The number of hydrogen-bond acceptors (Lipinski definition) is 4. The van der Waals surface area contributed by atoms with Gasteiger partial charge in [-0.15, -0.1) is 0 Å². The van der Waals surface area contributed by atoms with Crippen molar-refractivity contribution in [1.29, 1.82) is 0 Å². The molecule has 1 unspecified atom stereocenters. The van der Waals surface area contributed by atoms with E-state index in [0.29, 0.717) is 38.2 Å². The van der Waals surface area contributed by atoms with Gasteiger partial charge in [0.05, 0.1) is 12.2 Å². The molecule has 1 aromatic heterocycles. The fraction of sp³-hybridized carbons (Fsp3) is 0.407. The van der Waals surface area contributed by atoms with E-state index in [1.807, 2.05) is 37.4 Å². The zero-order chi connectivity index (χ0) is 23.5. The topological polar surface area (TPSA) is 61.5 Å². The number of H-pyrrole nitrogens is 1. The van der Waals surface area contributed by atoms with Crippen LogP contribution in [-0.4, -0.2) is 46.0 Å². The fourth-order valence-electron chi connectivity index (χ4n) is 4.99. The molecule has 1 atom stereocenters. The summed E-state index contributed by atoms with van der Waals surface area (Å²) in [4.78, 5) is 16.9. The molecule has 3 aromatic rings. The number of aromatic nitrogens is 2. The number of aromatic amines is 1. The molecule has 0 fully saturated rings. The molecule has 0 saturated heterocycles. The number of para-hydroxylation sites is 1. The molecule has 2 heterocycles. The van der Waals surface area contributed by atoms with Crippen LogP contribution < -0.4 is 4.74 Å². The van der Waals surface area contributed by atoms with Crippen molar-refractivity contribution < 1.29 is 13.9 Å². The van der Waals surface area contributed by atoms with Crippen molar-refractivity contribution >= 4 is 5.91 Å². The Hall–Kier alpha value is -3.19. The average Bonchev–Trinajstić information content (AvgIpc) is 3.15. The molecule has 0 saturated carbocycles. The van der Waals surface area contributed by atoms with Crippen LogP contribution in [0.3, 0.4) is 0 Å². The first-order chi connectivity index (χ1) is 16.6. The Morgan fingerprint density at radius 1 is 1.18 bits per heavy atom. The second-order valence-corrected chi connectivity index (χ2v) is 9.31. The molecule has 178 valence electrons. The minimum absolute atomic E-state index is 0.0773. The van der Waals surface area contributed by atoms with E-state index < -0.39 is 6.10 Å². The maximum Gasteiger partial charge on any atom is 0.223 e. The van der Waals surface area contributed by atoms with Crippen LogP contribution in [0.1, 0.15) is 53.4 Å². The number of ether oxygens (including phenoxy) is 1. The summed E-state index contributed by atoms with van der Waals surface area (Å²) in [5.74, 6) is 0.573. The number of fused-ring (bicyclic) bond motifs is 2. The number of aryl methyl sites for hydroxylation is 1. The first-order valence-electron chi connectivity index (χ1n) is 12.1. The van der Waals surface area contributed by atoms with Gasteiger partial charge >= 0.3 is 0 Å². The SMILES string of the molecule is CN(Cc1n[nH]c2c1CCCC2)C(=O)CCN1Cc2ccccc2OC(c2ccccc2F)C1. The molecule has 6 nitrogen and oxygen atoms in total. The molecule has 7 heteroatoms. The Morgan fingerprint density at radius 2 is 1.97 bits per heavy atom. The Morgan fingerprint density at radius 3 is 2.85 bits per heavy atom. The Balaban J connectivity index is 1.26. The van der Waals surface area contributed by atoms with Crippen molar-refractivity contribution in [3.8, 4) is 5.75 Å². The minimum Gasteiger partial charge on any atom is -0.484 e. The molecule has 0 spiro atoms. The van der Waals surface area contributed by atoms with E-state index in [1.54, 1.807) is 17.0 Å². The molecular formula is C27H31FN4O2. The van der Waals surface area contributed by atoms with Crippen LogP contribution >= 0.6 is 0 Å². The molecule has 1 aliphatic carbocycles. The normalized spacial score (nSPS) is 17.9. The quantitative estimate of drug-likeness (QED) is 0.590. The Labute approximate surface area is 199 Å².